The summed E-state index contributed by atoms with van der Waals surface area (Å²) >= 11 is 0. The number of nitrogens with one attached hydrogen (secondary N) is 3. The summed E-state index contributed by atoms with van der Waals surface area (Å²) < 4.78 is 17.2. The van der Waals surface area contributed by atoms with Gasteiger partial charge in [0.05, 0.1) is 29.0 Å². The van der Waals surface area contributed by atoms with Crippen molar-refractivity contribution in [1.82, 2.24) is 44.8 Å². The van der Waals surface area contributed by atoms with Crippen molar-refractivity contribution in [1.29, 1.82) is 0 Å². The topological polar surface area (TPSA) is 219 Å². The number of fused-ring (bicyclic) bond motifs is 1. The fraction of sp³-hybridized carbons (Fsp3) is 0.386. The molecule has 2 fully saturated rings. The molecule has 0 aliphatic carbocycles. The predicted molar refractivity (Wildman–Crippen MR) is 286 cm³/mol. The average molecular weight is 1020 g/mol. The minimum atomic E-state index is -0.950. The van der Waals surface area contributed by atoms with Crippen LogP contribution in [0.15, 0.2) is 121 Å². The lowest BCUT2D eigenvalue weighted by molar-refractivity contribution is -0.123. The van der Waals surface area contributed by atoms with Crippen LogP contribution in [0.2, 0.25) is 0 Å². The molecule has 0 spiro atoms. The molecule has 9 rings (SSSR count). The number of rotatable bonds is 17. The second-order valence-corrected chi connectivity index (χ2v) is 21.3. The Labute approximate surface area is 436 Å². The van der Waals surface area contributed by atoms with Gasteiger partial charge in [-0.1, -0.05) is 70.2 Å². The van der Waals surface area contributed by atoms with Crippen molar-refractivity contribution in [2.45, 2.75) is 116 Å². The number of carbonyl (C=O) groups excluding carboxylic acids is 3. The third-order valence-corrected chi connectivity index (χ3v) is 15.0. The lowest BCUT2D eigenvalue weighted by Crippen LogP contribution is -2.55. The van der Waals surface area contributed by atoms with E-state index >= 15 is 0 Å². The van der Waals surface area contributed by atoms with Crippen molar-refractivity contribution in [3.05, 3.63) is 154 Å². The third-order valence-electron chi connectivity index (χ3n) is 15.0. The highest BCUT2D eigenvalue weighted by molar-refractivity contribution is 6.48. The lowest BCUT2D eigenvalue weighted by Gasteiger charge is -2.37. The Morgan fingerprint density at radius 3 is 2.32 bits per heavy atom. The molecule has 5 N–H and O–H groups in total. The quantitative estimate of drug-likeness (QED) is 0.0549. The van der Waals surface area contributed by atoms with Crippen LogP contribution in [0.3, 0.4) is 0 Å². The minimum Gasteiger partial charge on any atom is -0.508 e. The summed E-state index contributed by atoms with van der Waals surface area (Å²) in [4.78, 5) is 64.6. The summed E-state index contributed by atoms with van der Waals surface area (Å²) in [5, 5.41) is 35.0. The Morgan fingerprint density at radius 1 is 0.880 bits per heavy atom. The number of phenolic OH excluding ortho intramolecular Hbond substituents is 2. The maximum Gasteiger partial charge on any atom is 0.482 e. The molecule has 18 heteroatoms. The monoisotopic (exact) mass is 1020 g/mol. The van der Waals surface area contributed by atoms with Crippen LogP contribution in [-0.4, -0.2) is 99.9 Å². The summed E-state index contributed by atoms with van der Waals surface area (Å²) in [7, 11) is -0.821. The molecule has 0 bridgehead atoms. The molecule has 3 aromatic heterocycles. The number of hydrogen-bond donors (Lipinski definition) is 5. The van der Waals surface area contributed by atoms with Crippen molar-refractivity contribution in [3.63, 3.8) is 0 Å². The van der Waals surface area contributed by atoms with Crippen LogP contribution >= 0.6 is 0 Å². The number of nitrogens with zero attached hydrogens (tertiary/aromatic N) is 6. The Balaban J connectivity index is 0.811. The highest BCUT2D eigenvalue weighted by Crippen LogP contribution is 2.46. The molecular weight excluding hydrogens is 949 g/mol. The minimum absolute atomic E-state index is 0.0182. The Morgan fingerprint density at radius 2 is 1.63 bits per heavy atom. The van der Waals surface area contributed by atoms with Gasteiger partial charge in [0.25, 0.3) is 11.8 Å². The maximum absolute atomic E-state index is 14.2. The molecule has 7 aromatic rings. The van der Waals surface area contributed by atoms with Crippen LogP contribution in [0.4, 0.5) is 0 Å². The number of aryl methyl sites for hydroxylation is 1. The molecule has 3 atom stereocenters. The number of phenols is 2. The van der Waals surface area contributed by atoms with Crippen LogP contribution < -0.4 is 16.3 Å². The first-order valence-corrected chi connectivity index (χ1v) is 25.9. The van der Waals surface area contributed by atoms with Gasteiger partial charge in [0.15, 0.2) is 5.82 Å². The van der Waals surface area contributed by atoms with Gasteiger partial charge in [0, 0.05) is 67.2 Å². The number of piperidine rings is 1. The number of hydrogen-bond acceptors (Lipinski definition) is 11. The SMILES string of the molecule is CC(C)C[C@H](NC(=O)[C@H](Cc1ccccc1)NC(=O)c1cnccn1)B1OC(C)(C)C(C)(c2ccc(C(=O)N3CCC(CCn4ccc5cc(-n6c(-c7cc(C(C)C)c(O)cc7O)n[nH]c6=O)ccc54)CC3)cc2)O1. The molecule has 5 heterocycles. The molecule has 2 aliphatic rings. The molecule has 3 amide bonds. The van der Waals surface area contributed by atoms with Crippen LogP contribution in [0, 0.1) is 11.8 Å². The lowest BCUT2D eigenvalue weighted by atomic mass is 9.73. The molecule has 390 valence electrons. The van der Waals surface area contributed by atoms with Crippen molar-refractivity contribution < 1.29 is 33.9 Å². The summed E-state index contributed by atoms with van der Waals surface area (Å²) in [5.74, 6) is -0.838. The van der Waals surface area contributed by atoms with Gasteiger partial charge in [-0.25, -0.2) is 19.4 Å². The van der Waals surface area contributed by atoms with E-state index in [1.54, 1.807) is 6.07 Å². The zero-order valence-electron chi connectivity index (χ0n) is 43.6. The van der Waals surface area contributed by atoms with E-state index in [4.69, 9.17) is 9.31 Å². The summed E-state index contributed by atoms with van der Waals surface area (Å²) in [6.07, 6.45) is 9.84. The highest BCUT2D eigenvalue weighted by Gasteiger charge is 2.57. The first-order valence-electron chi connectivity index (χ1n) is 25.9. The normalized spacial score (nSPS) is 17.7. The predicted octanol–water partition coefficient (Wildman–Crippen LogP) is 8.09. The summed E-state index contributed by atoms with van der Waals surface area (Å²) in [6.45, 7) is 16.0. The average Bonchev–Trinajstić information content (AvgIpc) is 4.08. The van der Waals surface area contributed by atoms with Gasteiger partial charge >= 0.3 is 12.8 Å². The Kier molecular flexibility index (Phi) is 15.1. The number of amides is 3. The Hall–Kier alpha value is -7.57. The fourth-order valence-electron chi connectivity index (χ4n) is 10.5. The maximum atomic E-state index is 14.2. The Bertz CT molecular complexity index is 3220. The van der Waals surface area contributed by atoms with Crippen molar-refractivity contribution >= 4 is 35.7 Å². The van der Waals surface area contributed by atoms with E-state index in [1.807, 2.05) is 118 Å². The molecule has 17 nitrogen and oxygen atoms in total. The zero-order valence-corrected chi connectivity index (χ0v) is 43.6. The van der Waals surface area contributed by atoms with E-state index in [0.29, 0.717) is 47.8 Å². The van der Waals surface area contributed by atoms with Crippen molar-refractivity contribution in [2.24, 2.45) is 11.8 Å². The molecule has 1 unspecified atom stereocenters. The van der Waals surface area contributed by atoms with E-state index in [1.165, 1.54) is 29.2 Å². The van der Waals surface area contributed by atoms with Gasteiger partial charge in [0.1, 0.15) is 28.8 Å². The fourth-order valence-corrected chi connectivity index (χ4v) is 10.5. The number of carbonyl (C=O) groups is 3. The summed E-state index contributed by atoms with van der Waals surface area (Å²) in [6, 6.07) is 26.9. The van der Waals surface area contributed by atoms with Gasteiger partial charge in [-0.2, -0.15) is 5.10 Å². The van der Waals surface area contributed by atoms with Gasteiger partial charge in [0.2, 0.25) is 5.91 Å². The summed E-state index contributed by atoms with van der Waals surface area (Å²) in [5.41, 5.74) is 2.76. The van der Waals surface area contributed by atoms with E-state index in [-0.39, 0.29) is 53.1 Å². The van der Waals surface area contributed by atoms with Crippen LogP contribution in [0.1, 0.15) is 118 Å². The standard InChI is InChI=1S/C57H66BN9O8/c1-35(2)29-50(62-52(70)45(30-38-11-9-8-10-12-38)61-53(71)46-34-59-23-24-60-46)58-74-56(5,6)57(7,75-58)41-15-13-39(14-16-41)54(72)66-26-20-37(21-27-66)19-25-65-28-22-40-31-42(17-18-47(40)65)67-51(63-64-55(67)73)44-32-43(36(3)4)48(68)33-49(44)69/h8-18,22-24,28,31-37,45,50,68-69H,19-21,25-27,29-30H2,1-7H3,(H,61,71)(H,62,70)(H,64,73)/t45-,50-,57?/m0/s1. The van der Waals surface area contributed by atoms with Crippen molar-refractivity contribution in [2.75, 3.05) is 13.1 Å². The number of aromatic nitrogens is 6. The number of aromatic amines is 1. The molecule has 75 heavy (non-hydrogen) atoms. The molecule has 2 saturated heterocycles. The molecule has 2 aliphatic heterocycles. The molecule has 0 radical (unpaired) electrons. The van der Waals surface area contributed by atoms with E-state index in [2.05, 4.69) is 55.4 Å². The first-order chi connectivity index (χ1) is 35.9. The van der Waals surface area contributed by atoms with Gasteiger partial charge in [-0.15, -0.1) is 0 Å². The number of H-pyrrole nitrogens is 1. The largest absolute Gasteiger partial charge is 0.508 e. The smallest absolute Gasteiger partial charge is 0.482 e. The van der Waals surface area contributed by atoms with Gasteiger partial charge in [-0.05, 0) is 123 Å². The molecule has 0 saturated carbocycles. The van der Waals surface area contributed by atoms with Crippen LogP contribution in [-0.2, 0) is 32.7 Å². The third kappa shape index (κ3) is 11.1. The van der Waals surface area contributed by atoms with Crippen LogP contribution in [0.5, 0.6) is 11.5 Å². The number of benzene rings is 4. The van der Waals surface area contributed by atoms with E-state index in [9.17, 15) is 29.4 Å². The zero-order chi connectivity index (χ0) is 53.2. The van der Waals surface area contributed by atoms with Gasteiger partial charge in [-0.3, -0.25) is 19.4 Å². The van der Waals surface area contributed by atoms with E-state index in [0.717, 1.165) is 47.8 Å². The number of likely N-dealkylation sites (tertiary alicyclic amines) is 1. The second kappa shape index (κ2) is 21.7. The van der Waals surface area contributed by atoms with Crippen molar-refractivity contribution in [3.8, 4) is 28.6 Å². The molecular formula is C57H66BN9O8. The second-order valence-electron chi connectivity index (χ2n) is 21.3. The number of aromatic hydroxyl groups is 2. The van der Waals surface area contributed by atoms with Crippen LogP contribution in [0.25, 0.3) is 28.0 Å². The first kappa shape index (κ1) is 52.3. The van der Waals surface area contributed by atoms with E-state index < -0.39 is 41.9 Å². The highest BCUT2D eigenvalue weighted by atomic mass is 16.7. The van der Waals surface area contributed by atoms with Gasteiger partial charge < -0.3 is 39.6 Å². The molecule has 4 aromatic carbocycles.